The number of carbonyl (C=O) groups is 1. The molecule has 0 aliphatic rings. The summed E-state index contributed by atoms with van der Waals surface area (Å²) in [5.41, 5.74) is 11.6. The molecule has 0 unspecified atom stereocenters. The number of fused-ring (bicyclic) bond motifs is 2. The van der Waals surface area contributed by atoms with Crippen molar-refractivity contribution < 1.29 is 18.7 Å². The summed E-state index contributed by atoms with van der Waals surface area (Å²) in [5, 5.41) is 3.02. The Bertz CT molecular complexity index is 1480. The SMILES string of the molecule is COC(=O)Cc1ccc2ccccc2c1OCc1cc(-c2cccc(CN)c2)c2occc2c1. The van der Waals surface area contributed by atoms with Crippen LogP contribution in [0.2, 0.25) is 0 Å². The maximum atomic E-state index is 12.0. The largest absolute Gasteiger partial charge is 0.488 e. The molecular formula is C29H25NO4. The molecule has 1 aromatic heterocycles. The molecule has 0 aliphatic carbocycles. The third kappa shape index (κ3) is 4.26. The zero-order chi connectivity index (χ0) is 23.5. The van der Waals surface area contributed by atoms with E-state index in [0.717, 1.165) is 49.6 Å². The highest BCUT2D eigenvalue weighted by Gasteiger charge is 2.15. The van der Waals surface area contributed by atoms with E-state index in [0.29, 0.717) is 18.9 Å². The van der Waals surface area contributed by atoms with Crippen molar-refractivity contribution in [3.8, 4) is 16.9 Å². The molecule has 34 heavy (non-hydrogen) atoms. The molecule has 5 rings (SSSR count). The number of rotatable bonds is 7. The first-order valence-corrected chi connectivity index (χ1v) is 11.2. The number of hydrogen-bond donors (Lipinski definition) is 1. The van der Waals surface area contributed by atoms with Crippen LogP contribution in [0.4, 0.5) is 0 Å². The highest BCUT2D eigenvalue weighted by molar-refractivity contribution is 5.93. The third-order valence-electron chi connectivity index (χ3n) is 5.99. The van der Waals surface area contributed by atoms with Gasteiger partial charge in [-0.1, -0.05) is 54.6 Å². The maximum Gasteiger partial charge on any atom is 0.310 e. The number of benzene rings is 4. The Morgan fingerprint density at radius 2 is 1.79 bits per heavy atom. The second kappa shape index (κ2) is 9.41. The molecule has 0 fully saturated rings. The van der Waals surface area contributed by atoms with Crippen LogP contribution < -0.4 is 10.5 Å². The second-order valence-corrected chi connectivity index (χ2v) is 8.20. The molecule has 0 radical (unpaired) electrons. The fourth-order valence-corrected chi connectivity index (χ4v) is 4.29. The van der Waals surface area contributed by atoms with Gasteiger partial charge in [-0.15, -0.1) is 0 Å². The summed E-state index contributed by atoms with van der Waals surface area (Å²) < 4.78 is 17.1. The number of nitrogens with two attached hydrogens (primary N) is 1. The normalized spacial score (nSPS) is 11.1. The number of ether oxygens (including phenoxy) is 2. The van der Waals surface area contributed by atoms with Crippen molar-refractivity contribution in [2.45, 2.75) is 19.6 Å². The Labute approximate surface area is 197 Å². The fraction of sp³-hybridized carbons (Fsp3) is 0.138. The Morgan fingerprint density at radius 3 is 2.65 bits per heavy atom. The van der Waals surface area contributed by atoms with Gasteiger partial charge >= 0.3 is 5.97 Å². The van der Waals surface area contributed by atoms with Crippen LogP contribution in [0.25, 0.3) is 32.9 Å². The van der Waals surface area contributed by atoms with Crippen molar-refractivity contribution in [1.82, 2.24) is 0 Å². The molecule has 2 N–H and O–H groups in total. The van der Waals surface area contributed by atoms with Gasteiger partial charge in [0, 0.05) is 28.4 Å². The molecule has 0 saturated carbocycles. The smallest absolute Gasteiger partial charge is 0.310 e. The standard InChI is InChI=1S/C29H25NO4/c1-32-27(31)16-23-10-9-21-6-2-3-8-25(21)28(23)34-18-20-14-24-11-12-33-29(24)26(15-20)22-7-4-5-19(13-22)17-30/h2-15H,16-18,30H2,1H3. The molecule has 0 saturated heterocycles. The van der Waals surface area contributed by atoms with Gasteiger partial charge < -0.3 is 19.6 Å². The van der Waals surface area contributed by atoms with Gasteiger partial charge in [-0.3, -0.25) is 4.79 Å². The average molecular weight is 452 g/mol. The summed E-state index contributed by atoms with van der Waals surface area (Å²) in [7, 11) is 1.39. The van der Waals surface area contributed by atoms with Gasteiger partial charge in [-0.25, -0.2) is 0 Å². The van der Waals surface area contributed by atoms with E-state index >= 15 is 0 Å². The minimum absolute atomic E-state index is 0.147. The predicted octanol–water partition coefficient (Wildman–Crippen LogP) is 6.01. The number of esters is 1. The summed E-state index contributed by atoms with van der Waals surface area (Å²) in [5.74, 6) is 0.393. The fourth-order valence-electron chi connectivity index (χ4n) is 4.29. The zero-order valence-corrected chi connectivity index (χ0v) is 18.9. The average Bonchev–Trinajstić information content (AvgIpc) is 3.36. The Morgan fingerprint density at radius 1 is 0.912 bits per heavy atom. The lowest BCUT2D eigenvalue weighted by Crippen LogP contribution is -2.07. The molecule has 5 heteroatoms. The Kier molecular flexibility index (Phi) is 6.02. The molecule has 5 nitrogen and oxygen atoms in total. The first-order valence-electron chi connectivity index (χ1n) is 11.2. The summed E-state index contributed by atoms with van der Waals surface area (Å²) in [6.07, 6.45) is 1.85. The van der Waals surface area contributed by atoms with Crippen molar-refractivity contribution in [2.24, 2.45) is 5.73 Å². The zero-order valence-electron chi connectivity index (χ0n) is 18.9. The van der Waals surface area contributed by atoms with E-state index in [1.807, 2.05) is 54.6 Å². The lowest BCUT2D eigenvalue weighted by Gasteiger charge is -2.15. The van der Waals surface area contributed by atoms with Crippen LogP contribution in [0.3, 0.4) is 0 Å². The summed E-state index contributed by atoms with van der Waals surface area (Å²) in [6, 6.07) is 26.2. The number of hydrogen-bond acceptors (Lipinski definition) is 5. The van der Waals surface area contributed by atoms with Crippen molar-refractivity contribution in [1.29, 1.82) is 0 Å². The summed E-state index contributed by atoms with van der Waals surface area (Å²) in [4.78, 5) is 12.0. The monoisotopic (exact) mass is 451 g/mol. The predicted molar refractivity (Wildman–Crippen MR) is 134 cm³/mol. The lowest BCUT2D eigenvalue weighted by molar-refractivity contribution is -0.139. The van der Waals surface area contributed by atoms with Gasteiger partial charge in [0.15, 0.2) is 0 Å². The van der Waals surface area contributed by atoms with E-state index in [2.05, 4.69) is 24.3 Å². The molecule has 1 heterocycles. The van der Waals surface area contributed by atoms with Crippen molar-refractivity contribution in [2.75, 3.05) is 7.11 Å². The van der Waals surface area contributed by atoms with Gasteiger partial charge in [0.05, 0.1) is 19.8 Å². The van der Waals surface area contributed by atoms with Gasteiger partial charge in [-0.2, -0.15) is 0 Å². The van der Waals surface area contributed by atoms with E-state index in [-0.39, 0.29) is 12.4 Å². The number of furan rings is 1. The summed E-state index contributed by atoms with van der Waals surface area (Å²) in [6.45, 7) is 0.814. The topological polar surface area (TPSA) is 74.7 Å². The first-order chi connectivity index (χ1) is 16.7. The molecule has 0 aliphatic heterocycles. The van der Waals surface area contributed by atoms with E-state index < -0.39 is 0 Å². The highest BCUT2D eigenvalue weighted by atomic mass is 16.5. The third-order valence-corrected chi connectivity index (χ3v) is 5.99. The van der Waals surface area contributed by atoms with E-state index in [1.54, 1.807) is 6.26 Å². The molecular weight excluding hydrogens is 426 g/mol. The molecule has 0 spiro atoms. The minimum atomic E-state index is -0.304. The van der Waals surface area contributed by atoms with Crippen LogP contribution in [0.5, 0.6) is 5.75 Å². The van der Waals surface area contributed by atoms with Crippen LogP contribution in [-0.4, -0.2) is 13.1 Å². The van der Waals surface area contributed by atoms with Crippen LogP contribution in [-0.2, 0) is 29.1 Å². The lowest BCUT2D eigenvalue weighted by atomic mass is 9.99. The number of methoxy groups -OCH3 is 1. The Hall–Kier alpha value is -4.09. The van der Waals surface area contributed by atoms with E-state index in [4.69, 9.17) is 19.6 Å². The number of carbonyl (C=O) groups excluding carboxylic acids is 1. The van der Waals surface area contributed by atoms with Gasteiger partial charge in [0.25, 0.3) is 0 Å². The van der Waals surface area contributed by atoms with E-state index in [1.165, 1.54) is 7.11 Å². The van der Waals surface area contributed by atoms with E-state index in [9.17, 15) is 4.79 Å². The maximum absolute atomic E-state index is 12.0. The molecule has 0 amide bonds. The van der Waals surface area contributed by atoms with Gasteiger partial charge in [0.2, 0.25) is 0 Å². The Balaban J connectivity index is 1.54. The molecule has 4 aromatic carbocycles. The molecule has 170 valence electrons. The van der Waals surface area contributed by atoms with Gasteiger partial charge in [-0.05, 0) is 46.3 Å². The molecule has 0 bridgehead atoms. The van der Waals surface area contributed by atoms with Crippen molar-refractivity contribution in [3.05, 3.63) is 102 Å². The second-order valence-electron chi connectivity index (χ2n) is 8.20. The van der Waals surface area contributed by atoms with Gasteiger partial charge in [0.1, 0.15) is 17.9 Å². The van der Waals surface area contributed by atoms with Crippen LogP contribution in [0.15, 0.2) is 89.5 Å². The van der Waals surface area contributed by atoms with Crippen molar-refractivity contribution in [3.63, 3.8) is 0 Å². The van der Waals surface area contributed by atoms with Crippen LogP contribution in [0.1, 0.15) is 16.7 Å². The van der Waals surface area contributed by atoms with Crippen LogP contribution >= 0.6 is 0 Å². The first kappa shape index (κ1) is 21.7. The molecule has 5 aromatic rings. The highest BCUT2D eigenvalue weighted by Crippen LogP contribution is 2.34. The van der Waals surface area contributed by atoms with Crippen LogP contribution in [0, 0.1) is 0 Å². The molecule has 0 atom stereocenters. The minimum Gasteiger partial charge on any atom is -0.488 e. The summed E-state index contributed by atoms with van der Waals surface area (Å²) >= 11 is 0. The quantitative estimate of drug-likeness (QED) is 0.307. The van der Waals surface area contributed by atoms with Crippen molar-refractivity contribution >= 4 is 27.7 Å².